The van der Waals surface area contributed by atoms with E-state index >= 15 is 0 Å². The molecule has 0 amide bonds. The minimum atomic E-state index is -4.82. The molecule has 11 nitrogen and oxygen atoms in total. The molecular weight excluding hydrogens is 422 g/mol. The second kappa shape index (κ2) is 9.30. The van der Waals surface area contributed by atoms with Crippen molar-refractivity contribution in [3.8, 4) is 0 Å². The number of esters is 2. The van der Waals surface area contributed by atoms with E-state index in [0.29, 0.717) is 0 Å². The molecule has 0 aromatic heterocycles. The maximum atomic E-state index is 12.8. The van der Waals surface area contributed by atoms with Gasteiger partial charge in [-0.1, -0.05) is 0 Å². The van der Waals surface area contributed by atoms with E-state index in [0.717, 1.165) is 31.2 Å². The molecule has 1 atom stereocenters. The molecule has 0 radical (unpaired) electrons. The fraction of sp³-hybridized carbons (Fsp3) is 0.500. The molecule has 0 heterocycles. The number of rotatable bonds is 9. The van der Waals surface area contributed by atoms with Crippen LogP contribution in [0.15, 0.2) is 29.2 Å². The van der Waals surface area contributed by atoms with Gasteiger partial charge in [-0.3, -0.25) is 19.7 Å². The van der Waals surface area contributed by atoms with Crippen LogP contribution in [0.5, 0.6) is 0 Å². The third-order valence-electron chi connectivity index (χ3n) is 3.58. The Morgan fingerprint density at radius 1 is 1.10 bits per heavy atom. The van der Waals surface area contributed by atoms with E-state index in [9.17, 15) is 32.9 Å². The number of non-ortho nitro benzene ring substituents is 1. The zero-order valence-corrected chi connectivity index (χ0v) is 18.0. The van der Waals surface area contributed by atoms with Crippen molar-refractivity contribution in [1.29, 1.82) is 0 Å². The number of nitrogens with zero attached hydrogens (tertiary/aromatic N) is 1. The van der Waals surface area contributed by atoms with Crippen molar-refractivity contribution < 1.29 is 41.4 Å². The van der Waals surface area contributed by atoms with Crippen LogP contribution in [0.2, 0.25) is 0 Å². The van der Waals surface area contributed by atoms with Gasteiger partial charge in [0.05, 0.1) is 22.8 Å². The molecule has 0 saturated heterocycles. The fourth-order valence-corrected chi connectivity index (χ4v) is 3.39. The van der Waals surface area contributed by atoms with Crippen molar-refractivity contribution in [3.05, 3.63) is 34.4 Å². The molecule has 1 unspecified atom stereocenters. The molecule has 0 aliphatic carbocycles. The first-order valence-corrected chi connectivity index (χ1v) is 10.2. The van der Waals surface area contributed by atoms with Crippen LogP contribution >= 0.6 is 0 Å². The Morgan fingerprint density at radius 3 is 2.03 bits per heavy atom. The Morgan fingerprint density at radius 2 is 1.63 bits per heavy atom. The SMILES string of the molecule is CCOC(=O)CC(OS(=O)(=O)c1ccc([N+](=O)[O-])cc1)(C(C)=O)C(=O)OC(C)(C)C. The Balaban J connectivity index is 3.47. The van der Waals surface area contributed by atoms with Crippen molar-refractivity contribution >= 4 is 33.5 Å². The summed E-state index contributed by atoms with van der Waals surface area (Å²) in [6, 6.07) is 3.56. The summed E-state index contributed by atoms with van der Waals surface area (Å²) < 4.78 is 40.3. The number of carbonyl (C=O) groups excluding carboxylic acids is 3. The van der Waals surface area contributed by atoms with E-state index in [1.54, 1.807) is 0 Å². The Kier molecular flexibility index (Phi) is 7.81. The van der Waals surface area contributed by atoms with E-state index in [-0.39, 0.29) is 12.3 Å². The number of Topliss-reactive ketones (excluding diaryl/α,β-unsaturated/α-hetero) is 1. The first-order valence-electron chi connectivity index (χ1n) is 8.75. The third kappa shape index (κ3) is 6.32. The number of nitro groups is 1. The lowest BCUT2D eigenvalue weighted by atomic mass is 9.95. The van der Waals surface area contributed by atoms with Gasteiger partial charge in [0.25, 0.3) is 21.4 Å². The van der Waals surface area contributed by atoms with Gasteiger partial charge in [0.1, 0.15) is 5.60 Å². The minimum Gasteiger partial charge on any atom is -0.466 e. The smallest absolute Gasteiger partial charge is 0.348 e. The Bertz CT molecular complexity index is 931. The standard InChI is InChI=1S/C18H23NO10S/c1-6-27-15(21)11-18(12(2)20,16(22)28-17(3,4)5)29-30(25,26)14-9-7-13(8-10-14)19(23)24/h7-10H,6,11H2,1-5H3. The first kappa shape index (κ1) is 25.2. The number of benzene rings is 1. The van der Waals surface area contributed by atoms with Gasteiger partial charge in [-0.15, -0.1) is 0 Å². The summed E-state index contributed by atoms with van der Waals surface area (Å²) in [5.41, 5.74) is -4.35. The monoisotopic (exact) mass is 445 g/mol. The topological polar surface area (TPSA) is 156 Å². The molecule has 0 aliphatic heterocycles. The highest BCUT2D eigenvalue weighted by molar-refractivity contribution is 7.86. The number of ketones is 1. The highest BCUT2D eigenvalue weighted by Gasteiger charge is 2.53. The number of carbonyl (C=O) groups is 3. The third-order valence-corrected chi connectivity index (χ3v) is 4.94. The molecular formula is C18H23NO10S. The molecule has 166 valence electrons. The van der Waals surface area contributed by atoms with Gasteiger partial charge in [0.15, 0.2) is 5.78 Å². The largest absolute Gasteiger partial charge is 0.466 e. The quantitative estimate of drug-likeness (QED) is 0.181. The van der Waals surface area contributed by atoms with Gasteiger partial charge >= 0.3 is 11.9 Å². The highest BCUT2D eigenvalue weighted by Crippen LogP contribution is 2.29. The number of nitro benzene ring substituents is 1. The molecule has 12 heteroatoms. The van der Waals surface area contributed by atoms with Crippen LogP contribution in [-0.4, -0.2) is 48.9 Å². The van der Waals surface area contributed by atoms with E-state index < -0.39 is 55.3 Å². The van der Waals surface area contributed by atoms with Crippen LogP contribution in [0.25, 0.3) is 0 Å². The molecule has 0 aliphatic rings. The average molecular weight is 445 g/mol. The van der Waals surface area contributed by atoms with Crippen molar-refractivity contribution in [3.63, 3.8) is 0 Å². The Hall–Kier alpha value is -2.86. The number of hydrogen-bond donors (Lipinski definition) is 0. The van der Waals surface area contributed by atoms with Crippen LogP contribution in [0.3, 0.4) is 0 Å². The molecule has 0 N–H and O–H groups in total. The molecule has 1 rings (SSSR count). The first-order chi connectivity index (χ1) is 13.6. The summed E-state index contributed by atoms with van der Waals surface area (Å²) in [4.78, 5) is 46.7. The lowest BCUT2D eigenvalue weighted by Crippen LogP contribution is -2.53. The summed E-state index contributed by atoms with van der Waals surface area (Å²) in [7, 11) is -4.82. The second-order valence-corrected chi connectivity index (χ2v) is 8.70. The van der Waals surface area contributed by atoms with Crippen LogP contribution in [0.4, 0.5) is 5.69 Å². The van der Waals surface area contributed by atoms with Crippen molar-refractivity contribution in [2.45, 2.75) is 57.1 Å². The van der Waals surface area contributed by atoms with Gasteiger partial charge < -0.3 is 9.47 Å². The van der Waals surface area contributed by atoms with Crippen LogP contribution in [0.1, 0.15) is 41.0 Å². The second-order valence-electron chi connectivity index (χ2n) is 7.16. The molecule has 0 saturated carbocycles. The number of ether oxygens (including phenoxy) is 2. The normalized spacial score (nSPS) is 13.8. The van der Waals surface area contributed by atoms with E-state index in [2.05, 4.69) is 0 Å². The summed E-state index contributed by atoms with van der Waals surface area (Å²) in [5.74, 6) is -3.55. The summed E-state index contributed by atoms with van der Waals surface area (Å²) in [6.45, 7) is 6.70. The zero-order valence-electron chi connectivity index (χ0n) is 17.2. The van der Waals surface area contributed by atoms with E-state index in [4.69, 9.17) is 13.7 Å². The molecule has 1 aromatic carbocycles. The lowest BCUT2D eigenvalue weighted by Gasteiger charge is -2.31. The van der Waals surface area contributed by atoms with Gasteiger partial charge in [-0.2, -0.15) is 8.42 Å². The molecule has 30 heavy (non-hydrogen) atoms. The summed E-state index contributed by atoms with van der Waals surface area (Å²) in [5, 5.41) is 10.8. The van der Waals surface area contributed by atoms with Crippen molar-refractivity contribution in [2.24, 2.45) is 0 Å². The maximum absolute atomic E-state index is 12.8. The summed E-state index contributed by atoms with van der Waals surface area (Å²) in [6.07, 6.45) is -1.04. The minimum absolute atomic E-state index is 0.0871. The van der Waals surface area contributed by atoms with Gasteiger partial charge in [-0.05, 0) is 46.8 Å². The molecule has 0 spiro atoms. The highest BCUT2D eigenvalue weighted by atomic mass is 32.2. The van der Waals surface area contributed by atoms with Crippen molar-refractivity contribution in [1.82, 2.24) is 0 Å². The summed E-state index contributed by atoms with van der Waals surface area (Å²) >= 11 is 0. The van der Waals surface area contributed by atoms with Crippen LogP contribution in [-0.2, 0) is 38.2 Å². The van der Waals surface area contributed by atoms with Gasteiger partial charge in [-0.25, -0.2) is 8.98 Å². The van der Waals surface area contributed by atoms with Crippen molar-refractivity contribution in [2.75, 3.05) is 6.61 Å². The van der Waals surface area contributed by atoms with E-state index in [1.165, 1.54) is 27.7 Å². The van der Waals surface area contributed by atoms with E-state index in [1.807, 2.05) is 0 Å². The van der Waals surface area contributed by atoms with Gasteiger partial charge in [0.2, 0.25) is 0 Å². The Labute approximate surface area is 173 Å². The predicted octanol–water partition coefficient (Wildman–Crippen LogP) is 1.92. The number of hydrogen-bond acceptors (Lipinski definition) is 10. The molecule has 1 aromatic rings. The molecule has 0 fully saturated rings. The van der Waals surface area contributed by atoms with Crippen LogP contribution in [0, 0.1) is 10.1 Å². The predicted molar refractivity (Wildman–Crippen MR) is 102 cm³/mol. The molecule has 0 bridgehead atoms. The average Bonchev–Trinajstić information content (AvgIpc) is 2.59. The van der Waals surface area contributed by atoms with Gasteiger partial charge in [0, 0.05) is 12.1 Å². The zero-order chi connectivity index (χ0) is 23.3. The fourth-order valence-electron chi connectivity index (χ4n) is 2.21. The maximum Gasteiger partial charge on any atom is 0.348 e. The lowest BCUT2D eigenvalue weighted by molar-refractivity contribution is -0.384. The van der Waals surface area contributed by atoms with Crippen LogP contribution < -0.4 is 0 Å².